The Morgan fingerprint density at radius 1 is 1.31 bits per heavy atom. The van der Waals surface area contributed by atoms with Crippen LogP contribution in [0.25, 0.3) is 0 Å². The van der Waals surface area contributed by atoms with Gasteiger partial charge in [0.05, 0.1) is 13.1 Å². The molecule has 1 aliphatic rings. The summed E-state index contributed by atoms with van der Waals surface area (Å²) < 4.78 is 5.79. The van der Waals surface area contributed by atoms with E-state index < -0.39 is 0 Å². The van der Waals surface area contributed by atoms with Crippen molar-refractivity contribution in [3.05, 3.63) is 23.7 Å². The molecule has 16 heavy (non-hydrogen) atoms. The van der Waals surface area contributed by atoms with Crippen LogP contribution in [0.2, 0.25) is 0 Å². The SMILES string of the molecule is CCNCc1ccc(CN(CC)C2CC2)o1. The fraction of sp³-hybridized carbons (Fsp3) is 0.692. The highest BCUT2D eigenvalue weighted by atomic mass is 16.3. The number of hydrogen-bond acceptors (Lipinski definition) is 3. The summed E-state index contributed by atoms with van der Waals surface area (Å²) in [6, 6.07) is 5.00. The van der Waals surface area contributed by atoms with Crippen LogP contribution in [0.15, 0.2) is 16.5 Å². The fourth-order valence-electron chi connectivity index (χ4n) is 1.99. The van der Waals surface area contributed by atoms with Gasteiger partial charge in [-0.15, -0.1) is 0 Å². The molecule has 0 unspecified atom stereocenters. The van der Waals surface area contributed by atoms with Gasteiger partial charge >= 0.3 is 0 Å². The van der Waals surface area contributed by atoms with Gasteiger partial charge in [0.25, 0.3) is 0 Å². The molecule has 1 aromatic heterocycles. The van der Waals surface area contributed by atoms with Crippen LogP contribution in [-0.2, 0) is 13.1 Å². The second-order valence-electron chi connectivity index (χ2n) is 4.44. The molecule has 0 amide bonds. The average molecular weight is 222 g/mol. The summed E-state index contributed by atoms with van der Waals surface area (Å²) in [5, 5.41) is 3.27. The normalized spacial score (nSPS) is 15.9. The lowest BCUT2D eigenvalue weighted by Gasteiger charge is -2.17. The summed E-state index contributed by atoms with van der Waals surface area (Å²) in [6.07, 6.45) is 2.72. The number of nitrogens with one attached hydrogen (secondary N) is 1. The van der Waals surface area contributed by atoms with Crippen molar-refractivity contribution in [2.45, 2.75) is 45.8 Å². The smallest absolute Gasteiger partial charge is 0.118 e. The van der Waals surface area contributed by atoms with Gasteiger partial charge in [0.15, 0.2) is 0 Å². The minimum Gasteiger partial charge on any atom is -0.463 e. The van der Waals surface area contributed by atoms with Gasteiger partial charge in [0, 0.05) is 6.04 Å². The summed E-state index contributed by atoms with van der Waals surface area (Å²) in [6.45, 7) is 8.24. The quantitative estimate of drug-likeness (QED) is 0.767. The Morgan fingerprint density at radius 3 is 2.69 bits per heavy atom. The van der Waals surface area contributed by atoms with Crippen molar-refractivity contribution in [3.63, 3.8) is 0 Å². The van der Waals surface area contributed by atoms with Gasteiger partial charge in [-0.1, -0.05) is 13.8 Å². The van der Waals surface area contributed by atoms with E-state index in [0.29, 0.717) is 0 Å². The maximum Gasteiger partial charge on any atom is 0.118 e. The third-order valence-corrected chi connectivity index (χ3v) is 3.09. The van der Waals surface area contributed by atoms with Crippen molar-refractivity contribution in [2.24, 2.45) is 0 Å². The molecule has 1 saturated carbocycles. The number of furan rings is 1. The molecule has 90 valence electrons. The second-order valence-corrected chi connectivity index (χ2v) is 4.44. The molecule has 0 bridgehead atoms. The Morgan fingerprint density at radius 2 is 2.06 bits per heavy atom. The third-order valence-electron chi connectivity index (χ3n) is 3.09. The van der Waals surface area contributed by atoms with Crippen molar-refractivity contribution < 1.29 is 4.42 Å². The summed E-state index contributed by atoms with van der Waals surface area (Å²) >= 11 is 0. The topological polar surface area (TPSA) is 28.4 Å². The van der Waals surface area contributed by atoms with Crippen molar-refractivity contribution >= 4 is 0 Å². The number of rotatable bonds is 7. The van der Waals surface area contributed by atoms with Crippen LogP contribution in [0.1, 0.15) is 38.2 Å². The minimum atomic E-state index is 0.812. The largest absolute Gasteiger partial charge is 0.463 e. The Bertz CT molecular complexity index is 317. The lowest BCUT2D eigenvalue weighted by Crippen LogP contribution is -2.24. The zero-order valence-electron chi connectivity index (χ0n) is 10.3. The van der Waals surface area contributed by atoms with Crippen molar-refractivity contribution in [3.8, 4) is 0 Å². The highest BCUT2D eigenvalue weighted by Gasteiger charge is 2.28. The summed E-state index contributed by atoms with van der Waals surface area (Å²) in [5.74, 6) is 2.14. The third kappa shape index (κ3) is 3.09. The standard InChI is InChI=1S/C13H22N2O/c1-3-14-9-12-7-8-13(16-12)10-15(4-2)11-5-6-11/h7-8,11,14H,3-6,9-10H2,1-2H3. The lowest BCUT2D eigenvalue weighted by atomic mass is 10.3. The lowest BCUT2D eigenvalue weighted by molar-refractivity contribution is 0.243. The molecular formula is C13H22N2O. The first-order valence-electron chi connectivity index (χ1n) is 6.35. The van der Waals surface area contributed by atoms with E-state index in [1.165, 1.54) is 12.8 Å². The maximum atomic E-state index is 5.79. The predicted octanol–water partition coefficient (Wildman–Crippen LogP) is 2.37. The fourth-order valence-corrected chi connectivity index (χ4v) is 1.99. The molecule has 1 fully saturated rings. The van der Waals surface area contributed by atoms with E-state index in [-0.39, 0.29) is 0 Å². The van der Waals surface area contributed by atoms with E-state index in [0.717, 1.165) is 43.7 Å². The van der Waals surface area contributed by atoms with Gasteiger partial charge in [-0.05, 0) is 38.1 Å². The Labute approximate surface area is 97.8 Å². The van der Waals surface area contributed by atoms with E-state index in [2.05, 4.69) is 36.2 Å². The van der Waals surface area contributed by atoms with Gasteiger partial charge in [-0.2, -0.15) is 0 Å². The summed E-state index contributed by atoms with van der Waals surface area (Å²) in [4.78, 5) is 2.50. The van der Waals surface area contributed by atoms with E-state index in [1.807, 2.05) is 0 Å². The van der Waals surface area contributed by atoms with Crippen LogP contribution in [0.4, 0.5) is 0 Å². The molecular weight excluding hydrogens is 200 g/mol. The van der Waals surface area contributed by atoms with E-state index in [4.69, 9.17) is 4.42 Å². The first kappa shape index (κ1) is 11.7. The van der Waals surface area contributed by atoms with Crippen LogP contribution in [0, 0.1) is 0 Å². The van der Waals surface area contributed by atoms with Gasteiger partial charge in [-0.3, -0.25) is 4.90 Å². The van der Waals surface area contributed by atoms with E-state index >= 15 is 0 Å². The molecule has 2 rings (SSSR count). The first-order chi connectivity index (χ1) is 7.83. The number of hydrogen-bond donors (Lipinski definition) is 1. The molecule has 1 N–H and O–H groups in total. The molecule has 1 heterocycles. The molecule has 0 saturated heterocycles. The molecule has 3 nitrogen and oxygen atoms in total. The molecule has 0 radical (unpaired) electrons. The van der Waals surface area contributed by atoms with E-state index in [1.54, 1.807) is 0 Å². The Balaban J connectivity index is 1.85. The van der Waals surface area contributed by atoms with Gasteiger partial charge in [0.1, 0.15) is 11.5 Å². The number of nitrogens with zero attached hydrogens (tertiary/aromatic N) is 1. The van der Waals surface area contributed by atoms with Gasteiger partial charge in [-0.25, -0.2) is 0 Å². The molecule has 0 aliphatic heterocycles. The highest BCUT2D eigenvalue weighted by Crippen LogP contribution is 2.28. The van der Waals surface area contributed by atoms with Crippen LogP contribution < -0.4 is 5.32 Å². The molecule has 0 aromatic carbocycles. The zero-order valence-corrected chi connectivity index (χ0v) is 10.3. The van der Waals surface area contributed by atoms with E-state index in [9.17, 15) is 0 Å². The Kier molecular flexibility index (Phi) is 4.02. The monoisotopic (exact) mass is 222 g/mol. The second kappa shape index (κ2) is 5.51. The van der Waals surface area contributed by atoms with Crippen LogP contribution >= 0.6 is 0 Å². The van der Waals surface area contributed by atoms with Crippen LogP contribution in [-0.4, -0.2) is 24.0 Å². The maximum absolute atomic E-state index is 5.79. The van der Waals surface area contributed by atoms with Gasteiger partial charge < -0.3 is 9.73 Å². The van der Waals surface area contributed by atoms with Crippen LogP contribution in [0.5, 0.6) is 0 Å². The van der Waals surface area contributed by atoms with Gasteiger partial charge in [0.2, 0.25) is 0 Å². The average Bonchev–Trinajstić information content (AvgIpc) is 3.04. The molecule has 1 aliphatic carbocycles. The summed E-state index contributed by atoms with van der Waals surface area (Å²) in [7, 11) is 0. The Hall–Kier alpha value is -0.800. The predicted molar refractivity (Wildman–Crippen MR) is 65.2 cm³/mol. The first-order valence-corrected chi connectivity index (χ1v) is 6.35. The molecule has 3 heteroatoms. The zero-order chi connectivity index (χ0) is 11.4. The highest BCUT2D eigenvalue weighted by molar-refractivity contribution is 5.07. The van der Waals surface area contributed by atoms with Crippen molar-refractivity contribution in [1.82, 2.24) is 10.2 Å². The van der Waals surface area contributed by atoms with Crippen LogP contribution in [0.3, 0.4) is 0 Å². The van der Waals surface area contributed by atoms with Crippen molar-refractivity contribution in [1.29, 1.82) is 0 Å². The summed E-state index contributed by atoms with van der Waals surface area (Å²) in [5.41, 5.74) is 0. The molecule has 0 spiro atoms. The molecule has 1 aromatic rings. The minimum absolute atomic E-state index is 0.812. The molecule has 0 atom stereocenters. The van der Waals surface area contributed by atoms with Crippen molar-refractivity contribution in [2.75, 3.05) is 13.1 Å².